The van der Waals surface area contributed by atoms with Crippen molar-refractivity contribution in [1.82, 2.24) is 0 Å². The molecule has 98 valence electrons. The lowest BCUT2D eigenvalue weighted by atomic mass is 10.2. The predicted molar refractivity (Wildman–Crippen MR) is 78.4 cm³/mol. The van der Waals surface area contributed by atoms with Crippen molar-refractivity contribution in [2.45, 2.75) is 6.61 Å². The first kappa shape index (κ1) is 13.8. The Labute approximate surface area is 123 Å². The molecular formula is C14H11FINO2. The number of amides is 1. The molecule has 0 saturated heterocycles. The third-order valence-corrected chi connectivity index (χ3v) is 3.40. The molecule has 0 aliphatic carbocycles. The maximum atomic E-state index is 13.4. The van der Waals surface area contributed by atoms with Crippen LogP contribution in [0.2, 0.25) is 0 Å². The van der Waals surface area contributed by atoms with Crippen molar-refractivity contribution in [2.75, 3.05) is 0 Å². The Morgan fingerprint density at radius 2 is 2.00 bits per heavy atom. The molecule has 0 aliphatic rings. The van der Waals surface area contributed by atoms with E-state index in [0.717, 1.165) is 3.57 Å². The fraction of sp³-hybridized carbons (Fsp3) is 0.0714. The summed E-state index contributed by atoms with van der Waals surface area (Å²) in [4.78, 5) is 11.0. The summed E-state index contributed by atoms with van der Waals surface area (Å²) >= 11 is 2.04. The normalized spacial score (nSPS) is 10.2. The first-order valence-electron chi connectivity index (χ1n) is 5.53. The maximum absolute atomic E-state index is 13.4. The molecular weight excluding hydrogens is 360 g/mol. The first-order valence-corrected chi connectivity index (χ1v) is 6.61. The smallest absolute Gasteiger partial charge is 0.248 e. The molecule has 0 fully saturated rings. The van der Waals surface area contributed by atoms with Gasteiger partial charge in [-0.25, -0.2) is 4.39 Å². The van der Waals surface area contributed by atoms with Gasteiger partial charge in [0.2, 0.25) is 5.91 Å². The number of carbonyl (C=O) groups excluding carboxylic acids is 1. The molecule has 0 bridgehead atoms. The molecule has 5 heteroatoms. The highest BCUT2D eigenvalue weighted by Gasteiger charge is 2.07. The molecule has 2 N–H and O–H groups in total. The lowest BCUT2D eigenvalue weighted by molar-refractivity contribution is 0.1000. The van der Waals surface area contributed by atoms with E-state index in [4.69, 9.17) is 10.5 Å². The van der Waals surface area contributed by atoms with Crippen molar-refractivity contribution in [2.24, 2.45) is 5.73 Å². The number of ether oxygens (including phenoxy) is 1. The van der Waals surface area contributed by atoms with Crippen LogP contribution >= 0.6 is 22.6 Å². The highest BCUT2D eigenvalue weighted by Crippen LogP contribution is 2.23. The second kappa shape index (κ2) is 6.01. The van der Waals surface area contributed by atoms with Crippen LogP contribution in [0.4, 0.5) is 4.39 Å². The van der Waals surface area contributed by atoms with Crippen LogP contribution in [0, 0.1) is 9.39 Å². The van der Waals surface area contributed by atoms with E-state index in [2.05, 4.69) is 0 Å². The summed E-state index contributed by atoms with van der Waals surface area (Å²) in [5, 5.41) is 0. The van der Waals surface area contributed by atoms with Gasteiger partial charge in [-0.2, -0.15) is 0 Å². The molecule has 0 aromatic heterocycles. The number of rotatable bonds is 4. The van der Waals surface area contributed by atoms with Gasteiger partial charge in [0, 0.05) is 11.1 Å². The molecule has 19 heavy (non-hydrogen) atoms. The molecule has 0 atom stereocenters. The quantitative estimate of drug-likeness (QED) is 0.840. The molecule has 0 unspecified atom stereocenters. The van der Waals surface area contributed by atoms with Crippen molar-refractivity contribution >= 4 is 28.5 Å². The van der Waals surface area contributed by atoms with Crippen LogP contribution in [0.5, 0.6) is 5.75 Å². The Morgan fingerprint density at radius 3 is 2.63 bits per heavy atom. The molecule has 2 rings (SSSR count). The maximum Gasteiger partial charge on any atom is 0.248 e. The molecule has 2 aromatic rings. The van der Waals surface area contributed by atoms with E-state index in [1.165, 1.54) is 6.07 Å². The van der Waals surface area contributed by atoms with Gasteiger partial charge in [0.1, 0.15) is 18.2 Å². The largest absolute Gasteiger partial charge is 0.488 e. The van der Waals surface area contributed by atoms with Gasteiger partial charge < -0.3 is 10.5 Å². The number of halogens is 2. The Bertz CT molecular complexity index is 616. The molecule has 3 nitrogen and oxygen atoms in total. The second-order valence-electron chi connectivity index (χ2n) is 3.89. The zero-order chi connectivity index (χ0) is 13.8. The summed E-state index contributed by atoms with van der Waals surface area (Å²) in [6, 6.07) is 11.3. The van der Waals surface area contributed by atoms with E-state index in [1.807, 2.05) is 22.6 Å². The van der Waals surface area contributed by atoms with Crippen LogP contribution in [0.25, 0.3) is 0 Å². The number of carbonyl (C=O) groups is 1. The van der Waals surface area contributed by atoms with Crippen LogP contribution in [-0.4, -0.2) is 5.91 Å². The van der Waals surface area contributed by atoms with E-state index in [-0.39, 0.29) is 12.4 Å². The topological polar surface area (TPSA) is 52.3 Å². The Balaban J connectivity index is 2.12. The van der Waals surface area contributed by atoms with Crippen LogP contribution in [0.3, 0.4) is 0 Å². The highest BCUT2D eigenvalue weighted by atomic mass is 127. The minimum Gasteiger partial charge on any atom is -0.488 e. The van der Waals surface area contributed by atoms with E-state index in [9.17, 15) is 9.18 Å². The third-order valence-electron chi connectivity index (χ3n) is 2.56. The summed E-state index contributed by atoms with van der Waals surface area (Å²) in [6.07, 6.45) is 0. The first-order chi connectivity index (χ1) is 9.08. The van der Waals surface area contributed by atoms with Gasteiger partial charge in [-0.1, -0.05) is 18.2 Å². The minimum atomic E-state index is -0.487. The van der Waals surface area contributed by atoms with Crippen LogP contribution in [0.15, 0.2) is 42.5 Å². The number of benzene rings is 2. The highest BCUT2D eigenvalue weighted by molar-refractivity contribution is 14.1. The van der Waals surface area contributed by atoms with Crippen LogP contribution in [0.1, 0.15) is 15.9 Å². The van der Waals surface area contributed by atoms with E-state index < -0.39 is 5.91 Å². The van der Waals surface area contributed by atoms with Crippen LogP contribution < -0.4 is 10.5 Å². The van der Waals surface area contributed by atoms with E-state index >= 15 is 0 Å². The van der Waals surface area contributed by atoms with E-state index in [1.54, 1.807) is 36.4 Å². The van der Waals surface area contributed by atoms with Gasteiger partial charge in [-0.15, -0.1) is 0 Å². The molecule has 2 aromatic carbocycles. The molecule has 0 heterocycles. The van der Waals surface area contributed by atoms with Gasteiger partial charge in [0.25, 0.3) is 0 Å². The average molecular weight is 371 g/mol. The van der Waals surface area contributed by atoms with Crippen LogP contribution in [-0.2, 0) is 6.61 Å². The Morgan fingerprint density at radius 1 is 1.26 bits per heavy atom. The second-order valence-corrected chi connectivity index (χ2v) is 5.05. The Hall–Kier alpha value is -1.63. The van der Waals surface area contributed by atoms with E-state index in [0.29, 0.717) is 16.9 Å². The number of nitrogens with two attached hydrogens (primary N) is 1. The average Bonchev–Trinajstić information content (AvgIpc) is 2.39. The van der Waals surface area contributed by atoms with Gasteiger partial charge in [0.05, 0.1) is 3.57 Å². The number of primary amides is 1. The van der Waals surface area contributed by atoms with Crippen molar-refractivity contribution in [1.29, 1.82) is 0 Å². The summed E-state index contributed by atoms with van der Waals surface area (Å²) < 4.78 is 19.7. The summed E-state index contributed by atoms with van der Waals surface area (Å²) in [5.41, 5.74) is 6.09. The fourth-order valence-electron chi connectivity index (χ4n) is 1.54. The predicted octanol–water partition coefficient (Wildman–Crippen LogP) is 3.11. The zero-order valence-electron chi connectivity index (χ0n) is 9.90. The van der Waals surface area contributed by atoms with Crippen molar-refractivity contribution in [3.05, 3.63) is 63.0 Å². The third kappa shape index (κ3) is 3.44. The molecule has 0 radical (unpaired) electrons. The summed E-state index contributed by atoms with van der Waals surface area (Å²) in [6.45, 7) is 0.137. The number of hydrogen-bond acceptors (Lipinski definition) is 2. The van der Waals surface area contributed by atoms with Gasteiger partial charge in [0.15, 0.2) is 0 Å². The van der Waals surface area contributed by atoms with Gasteiger partial charge in [-0.05, 0) is 46.9 Å². The molecule has 0 saturated carbocycles. The van der Waals surface area contributed by atoms with Gasteiger partial charge >= 0.3 is 0 Å². The van der Waals surface area contributed by atoms with Crippen molar-refractivity contribution < 1.29 is 13.9 Å². The molecule has 0 spiro atoms. The molecule has 0 aliphatic heterocycles. The van der Waals surface area contributed by atoms with Crippen molar-refractivity contribution in [3.8, 4) is 5.75 Å². The zero-order valence-corrected chi connectivity index (χ0v) is 12.1. The summed E-state index contributed by atoms with van der Waals surface area (Å²) in [5.74, 6) is -0.196. The molecule has 1 amide bonds. The monoisotopic (exact) mass is 371 g/mol. The van der Waals surface area contributed by atoms with Gasteiger partial charge in [-0.3, -0.25) is 4.79 Å². The lowest BCUT2D eigenvalue weighted by Crippen LogP contribution is -2.11. The Kier molecular flexibility index (Phi) is 4.36. The van der Waals surface area contributed by atoms with Crippen molar-refractivity contribution in [3.63, 3.8) is 0 Å². The lowest BCUT2D eigenvalue weighted by Gasteiger charge is -2.09. The fourth-order valence-corrected chi connectivity index (χ4v) is 2.21. The number of hydrogen-bond donors (Lipinski definition) is 1. The SMILES string of the molecule is NC(=O)c1ccc(OCc2ccccc2F)c(I)c1. The standard InChI is InChI=1S/C14H11FINO2/c15-11-4-2-1-3-10(11)8-19-13-6-5-9(14(17)18)7-12(13)16/h1-7H,8H2,(H2,17,18). The minimum absolute atomic E-state index is 0.137. The summed E-state index contributed by atoms with van der Waals surface area (Å²) in [7, 11) is 0.